The molecule has 0 spiro atoms. The minimum absolute atomic E-state index is 0.0173. The first kappa shape index (κ1) is 13.9. The highest BCUT2D eigenvalue weighted by Crippen LogP contribution is 2.36. The number of aryl methyl sites for hydroxylation is 1. The zero-order valence-electron chi connectivity index (χ0n) is 10.2. The molecule has 0 bridgehead atoms. The third-order valence-corrected chi connectivity index (χ3v) is 5.55. The van der Waals surface area contributed by atoms with Gasteiger partial charge >= 0.3 is 0 Å². The zero-order valence-corrected chi connectivity index (χ0v) is 13.4. The third kappa shape index (κ3) is 3.08. The van der Waals surface area contributed by atoms with Gasteiger partial charge in [-0.05, 0) is 47.0 Å². The van der Waals surface area contributed by atoms with E-state index in [0.717, 1.165) is 22.2 Å². The summed E-state index contributed by atoms with van der Waals surface area (Å²) >= 11 is 11.7. The first-order valence-corrected chi connectivity index (χ1v) is 7.68. The average molecular weight is 346 g/mol. The largest absolute Gasteiger partial charge is 0.496 e. The molecule has 0 aliphatic carbocycles. The molecule has 1 heterocycles. The molecule has 18 heavy (non-hydrogen) atoms. The highest BCUT2D eigenvalue weighted by molar-refractivity contribution is 9.10. The van der Waals surface area contributed by atoms with Gasteiger partial charge in [-0.1, -0.05) is 18.2 Å². The van der Waals surface area contributed by atoms with Gasteiger partial charge in [0.1, 0.15) is 5.75 Å². The molecule has 0 aliphatic rings. The van der Waals surface area contributed by atoms with Crippen molar-refractivity contribution in [2.24, 2.45) is 0 Å². The quantitative estimate of drug-likeness (QED) is 0.679. The standard InChI is InChI=1S/C14H14BrClOS/c1-9-11(15)8-14(18-9)12(16)7-10-5-3-4-6-13(10)17-2/h3-6,8,12H,7H2,1-2H3. The van der Waals surface area contributed by atoms with Crippen molar-refractivity contribution >= 4 is 38.9 Å². The monoisotopic (exact) mass is 344 g/mol. The van der Waals surface area contributed by atoms with E-state index in [9.17, 15) is 0 Å². The highest BCUT2D eigenvalue weighted by Gasteiger charge is 2.15. The Bertz CT molecular complexity index is 519. The first-order valence-electron chi connectivity index (χ1n) is 5.63. The van der Waals surface area contributed by atoms with Gasteiger partial charge in [-0.2, -0.15) is 0 Å². The number of halogens is 2. The molecule has 0 aliphatic heterocycles. The number of thiophene rings is 1. The molecule has 1 aromatic carbocycles. The van der Waals surface area contributed by atoms with Crippen LogP contribution in [0.4, 0.5) is 0 Å². The minimum Gasteiger partial charge on any atom is -0.496 e. The van der Waals surface area contributed by atoms with Crippen LogP contribution in [0.5, 0.6) is 5.75 Å². The van der Waals surface area contributed by atoms with Gasteiger partial charge in [0.25, 0.3) is 0 Å². The van der Waals surface area contributed by atoms with Crippen LogP contribution in [-0.4, -0.2) is 7.11 Å². The molecule has 0 fully saturated rings. The Morgan fingerprint density at radius 1 is 1.39 bits per heavy atom. The maximum absolute atomic E-state index is 6.49. The summed E-state index contributed by atoms with van der Waals surface area (Å²) in [6.45, 7) is 2.09. The summed E-state index contributed by atoms with van der Waals surface area (Å²) in [6, 6.07) is 10.1. The van der Waals surface area contributed by atoms with Crippen molar-refractivity contribution in [1.82, 2.24) is 0 Å². The van der Waals surface area contributed by atoms with Crippen molar-refractivity contribution in [3.63, 3.8) is 0 Å². The number of ether oxygens (including phenoxy) is 1. The van der Waals surface area contributed by atoms with Crippen molar-refractivity contribution in [1.29, 1.82) is 0 Å². The Kier molecular flexibility index (Phi) is 4.71. The Hall–Kier alpha value is -0.510. The van der Waals surface area contributed by atoms with Crippen LogP contribution in [0, 0.1) is 6.92 Å². The van der Waals surface area contributed by atoms with Crippen LogP contribution in [-0.2, 0) is 6.42 Å². The molecule has 0 radical (unpaired) electrons. The second kappa shape index (κ2) is 6.09. The van der Waals surface area contributed by atoms with E-state index < -0.39 is 0 Å². The summed E-state index contributed by atoms with van der Waals surface area (Å²) in [4.78, 5) is 2.45. The molecule has 0 saturated carbocycles. The topological polar surface area (TPSA) is 9.23 Å². The van der Waals surface area contributed by atoms with Gasteiger partial charge in [0.05, 0.1) is 12.5 Å². The summed E-state index contributed by atoms with van der Waals surface area (Å²) in [5, 5.41) is -0.0173. The van der Waals surface area contributed by atoms with E-state index in [-0.39, 0.29) is 5.38 Å². The Morgan fingerprint density at radius 2 is 2.11 bits per heavy atom. The van der Waals surface area contributed by atoms with Crippen molar-refractivity contribution in [3.8, 4) is 5.75 Å². The zero-order chi connectivity index (χ0) is 13.1. The maximum atomic E-state index is 6.49. The van der Waals surface area contributed by atoms with Crippen LogP contribution in [0.2, 0.25) is 0 Å². The van der Waals surface area contributed by atoms with Gasteiger partial charge < -0.3 is 4.74 Å². The molecule has 0 amide bonds. The SMILES string of the molecule is COc1ccccc1CC(Cl)c1cc(Br)c(C)s1. The van der Waals surface area contributed by atoms with E-state index >= 15 is 0 Å². The van der Waals surface area contributed by atoms with Gasteiger partial charge in [0.15, 0.2) is 0 Å². The van der Waals surface area contributed by atoms with Crippen LogP contribution in [0.1, 0.15) is 20.7 Å². The van der Waals surface area contributed by atoms with Crippen LogP contribution in [0.25, 0.3) is 0 Å². The Labute approximate surface area is 125 Å². The lowest BCUT2D eigenvalue weighted by Gasteiger charge is -2.11. The Morgan fingerprint density at radius 3 is 2.72 bits per heavy atom. The summed E-state index contributed by atoms with van der Waals surface area (Å²) < 4.78 is 6.48. The van der Waals surface area contributed by atoms with Gasteiger partial charge in [0, 0.05) is 14.2 Å². The molecule has 1 atom stereocenters. The van der Waals surface area contributed by atoms with Crippen molar-refractivity contribution in [2.45, 2.75) is 18.7 Å². The van der Waals surface area contributed by atoms with E-state index in [1.54, 1.807) is 18.4 Å². The molecule has 1 unspecified atom stereocenters. The Balaban J connectivity index is 2.18. The number of hydrogen-bond donors (Lipinski definition) is 0. The van der Waals surface area contributed by atoms with E-state index in [0.29, 0.717) is 0 Å². The van der Waals surface area contributed by atoms with Crippen molar-refractivity contribution in [3.05, 3.63) is 50.1 Å². The molecule has 2 aromatic rings. The fourth-order valence-electron chi connectivity index (χ4n) is 1.80. The molecule has 0 saturated heterocycles. The average Bonchev–Trinajstić information content (AvgIpc) is 2.70. The lowest BCUT2D eigenvalue weighted by atomic mass is 10.1. The fourth-order valence-corrected chi connectivity index (χ4v) is 3.70. The number of methoxy groups -OCH3 is 1. The second-order valence-electron chi connectivity index (χ2n) is 4.04. The van der Waals surface area contributed by atoms with Crippen molar-refractivity contribution in [2.75, 3.05) is 7.11 Å². The smallest absolute Gasteiger partial charge is 0.122 e. The third-order valence-electron chi connectivity index (χ3n) is 2.78. The van der Waals surface area contributed by atoms with Crippen LogP contribution in [0.15, 0.2) is 34.8 Å². The lowest BCUT2D eigenvalue weighted by Crippen LogP contribution is -1.96. The highest BCUT2D eigenvalue weighted by atomic mass is 79.9. The normalized spacial score (nSPS) is 12.4. The summed E-state index contributed by atoms with van der Waals surface area (Å²) in [7, 11) is 1.69. The molecular weight excluding hydrogens is 332 g/mol. The van der Waals surface area contributed by atoms with Crippen LogP contribution >= 0.6 is 38.9 Å². The summed E-state index contributed by atoms with van der Waals surface area (Å²) in [5.74, 6) is 0.899. The lowest BCUT2D eigenvalue weighted by molar-refractivity contribution is 0.409. The summed E-state index contributed by atoms with van der Waals surface area (Å²) in [6.07, 6.45) is 0.776. The first-order chi connectivity index (χ1) is 8.61. The summed E-state index contributed by atoms with van der Waals surface area (Å²) in [5.41, 5.74) is 1.14. The van der Waals surface area contributed by atoms with Gasteiger partial charge in [0.2, 0.25) is 0 Å². The van der Waals surface area contributed by atoms with Crippen LogP contribution in [0.3, 0.4) is 0 Å². The number of para-hydroxylation sites is 1. The molecule has 2 rings (SSSR count). The van der Waals surface area contributed by atoms with E-state index in [4.69, 9.17) is 16.3 Å². The minimum atomic E-state index is -0.0173. The van der Waals surface area contributed by atoms with Gasteiger partial charge in [-0.15, -0.1) is 22.9 Å². The molecule has 0 N–H and O–H groups in total. The van der Waals surface area contributed by atoms with Crippen molar-refractivity contribution < 1.29 is 4.74 Å². The molecule has 96 valence electrons. The second-order valence-corrected chi connectivity index (χ2v) is 6.71. The molecule has 1 nitrogen and oxygen atoms in total. The van der Waals surface area contributed by atoms with Crippen LogP contribution < -0.4 is 4.74 Å². The van der Waals surface area contributed by atoms with Gasteiger partial charge in [-0.25, -0.2) is 0 Å². The molecule has 4 heteroatoms. The number of alkyl halides is 1. The number of rotatable bonds is 4. The fraction of sp³-hybridized carbons (Fsp3) is 0.286. The van der Waals surface area contributed by atoms with E-state index in [2.05, 4.69) is 35.0 Å². The van der Waals surface area contributed by atoms with E-state index in [1.165, 1.54) is 9.75 Å². The molecule has 1 aromatic heterocycles. The number of benzene rings is 1. The predicted octanol–water partition coefficient (Wildman–Crippen LogP) is 5.35. The van der Waals surface area contributed by atoms with E-state index in [1.807, 2.05) is 18.2 Å². The molecular formula is C14H14BrClOS. The predicted molar refractivity (Wildman–Crippen MR) is 82.0 cm³/mol. The van der Waals surface area contributed by atoms with Gasteiger partial charge in [-0.3, -0.25) is 0 Å². The maximum Gasteiger partial charge on any atom is 0.122 e. The number of hydrogen-bond acceptors (Lipinski definition) is 2.